The van der Waals surface area contributed by atoms with Crippen molar-refractivity contribution in [3.8, 4) is 0 Å². The van der Waals surface area contributed by atoms with Gasteiger partial charge in [-0.1, -0.05) is 34.6 Å². The monoisotopic (exact) mass is 351 g/mol. The van der Waals surface area contributed by atoms with E-state index in [1.807, 2.05) is 7.05 Å². The second kappa shape index (κ2) is 11.8. The molecule has 1 heterocycles. The van der Waals surface area contributed by atoms with E-state index in [1.54, 1.807) is 6.33 Å². The summed E-state index contributed by atoms with van der Waals surface area (Å²) in [7, 11) is 1.82. The minimum absolute atomic E-state index is 0.526. The molecule has 0 aliphatic carbocycles. The van der Waals surface area contributed by atoms with Crippen molar-refractivity contribution in [2.45, 2.75) is 60.0 Å². The third-order valence-corrected chi connectivity index (χ3v) is 4.46. The van der Waals surface area contributed by atoms with Crippen LogP contribution in [0.4, 0.5) is 0 Å². The lowest BCUT2D eigenvalue weighted by molar-refractivity contribution is 0.191. The van der Waals surface area contributed by atoms with E-state index in [4.69, 9.17) is 0 Å². The predicted octanol–water partition coefficient (Wildman–Crippen LogP) is 1.76. The number of nitrogens with one attached hydrogen (secondary N) is 2. The molecule has 7 nitrogen and oxygen atoms in total. The number of rotatable bonds is 11. The molecule has 1 aromatic heterocycles. The van der Waals surface area contributed by atoms with Crippen LogP contribution in [-0.2, 0) is 13.0 Å². The van der Waals surface area contributed by atoms with Crippen LogP contribution in [-0.4, -0.2) is 64.9 Å². The molecule has 1 unspecified atom stereocenters. The summed E-state index contributed by atoms with van der Waals surface area (Å²) in [4.78, 5) is 6.87. The van der Waals surface area contributed by atoms with Gasteiger partial charge >= 0.3 is 0 Å². The Bertz CT molecular complexity index is 491. The molecule has 2 N–H and O–H groups in total. The van der Waals surface area contributed by atoms with Gasteiger partial charge in [-0.05, 0) is 25.4 Å². The molecule has 0 aliphatic rings. The first-order valence-corrected chi connectivity index (χ1v) is 9.60. The zero-order valence-corrected chi connectivity index (χ0v) is 16.9. The van der Waals surface area contributed by atoms with Gasteiger partial charge in [0.15, 0.2) is 5.96 Å². The fourth-order valence-electron chi connectivity index (χ4n) is 3.11. The Morgan fingerprint density at radius 3 is 2.52 bits per heavy atom. The number of nitrogens with zero attached hydrogens (tertiary/aromatic N) is 5. The lowest BCUT2D eigenvalue weighted by Gasteiger charge is -2.31. The molecular weight excluding hydrogens is 314 g/mol. The molecule has 25 heavy (non-hydrogen) atoms. The Kier molecular flexibility index (Phi) is 10.1. The zero-order valence-electron chi connectivity index (χ0n) is 16.9. The summed E-state index contributed by atoms with van der Waals surface area (Å²) in [5.74, 6) is 2.55. The molecule has 0 radical (unpaired) electrons. The van der Waals surface area contributed by atoms with Crippen LogP contribution in [0.2, 0.25) is 0 Å². The van der Waals surface area contributed by atoms with Crippen molar-refractivity contribution in [2.24, 2.45) is 10.9 Å². The van der Waals surface area contributed by atoms with Crippen molar-refractivity contribution in [1.29, 1.82) is 0 Å². The highest BCUT2D eigenvalue weighted by atomic mass is 15.3. The molecule has 1 aromatic rings. The first-order valence-electron chi connectivity index (χ1n) is 9.60. The first kappa shape index (κ1) is 21.4. The van der Waals surface area contributed by atoms with E-state index >= 15 is 0 Å². The summed E-state index contributed by atoms with van der Waals surface area (Å²) in [6, 6.07) is 0.526. The fourth-order valence-corrected chi connectivity index (χ4v) is 3.11. The molecule has 144 valence electrons. The standard InChI is InChI=1S/C18H37N7/c1-7-17-23-22-14-25(17)11-10-20-18(19-6)21-13-16(12-15(4)5)24(8-2)9-3/h14-16H,7-13H2,1-6H3,(H2,19,20,21). The van der Waals surface area contributed by atoms with Gasteiger partial charge in [-0.15, -0.1) is 10.2 Å². The van der Waals surface area contributed by atoms with Crippen LogP contribution in [0.25, 0.3) is 0 Å². The minimum Gasteiger partial charge on any atom is -0.355 e. The van der Waals surface area contributed by atoms with E-state index in [0.29, 0.717) is 12.0 Å². The molecule has 1 atom stereocenters. The van der Waals surface area contributed by atoms with Crippen LogP contribution >= 0.6 is 0 Å². The highest BCUT2D eigenvalue weighted by Crippen LogP contribution is 2.10. The highest BCUT2D eigenvalue weighted by Gasteiger charge is 2.17. The fraction of sp³-hybridized carbons (Fsp3) is 0.833. The summed E-state index contributed by atoms with van der Waals surface area (Å²) in [6.07, 6.45) is 3.87. The van der Waals surface area contributed by atoms with E-state index in [9.17, 15) is 0 Å². The summed E-state index contributed by atoms with van der Waals surface area (Å²) in [5, 5.41) is 15.0. The summed E-state index contributed by atoms with van der Waals surface area (Å²) >= 11 is 0. The third kappa shape index (κ3) is 7.42. The number of guanidine groups is 1. The molecule has 0 amide bonds. The van der Waals surface area contributed by atoms with Crippen molar-refractivity contribution in [1.82, 2.24) is 30.3 Å². The Labute approximate surface area is 153 Å². The molecule has 0 fully saturated rings. The zero-order chi connectivity index (χ0) is 18.7. The number of hydrogen-bond acceptors (Lipinski definition) is 4. The van der Waals surface area contributed by atoms with Gasteiger partial charge in [-0.3, -0.25) is 9.89 Å². The van der Waals surface area contributed by atoms with E-state index in [0.717, 1.165) is 50.9 Å². The van der Waals surface area contributed by atoms with Gasteiger partial charge in [0.1, 0.15) is 12.2 Å². The normalized spacial score (nSPS) is 13.5. The molecule has 1 rings (SSSR count). The van der Waals surface area contributed by atoms with Crippen LogP contribution < -0.4 is 10.6 Å². The van der Waals surface area contributed by atoms with E-state index in [-0.39, 0.29) is 0 Å². The van der Waals surface area contributed by atoms with Gasteiger partial charge in [0.05, 0.1) is 0 Å². The Balaban J connectivity index is 2.48. The number of aryl methyl sites for hydroxylation is 1. The average Bonchev–Trinajstić information content (AvgIpc) is 3.05. The van der Waals surface area contributed by atoms with Crippen LogP contribution in [0, 0.1) is 5.92 Å². The van der Waals surface area contributed by atoms with Gasteiger partial charge in [-0.2, -0.15) is 0 Å². The molecular formula is C18H37N7. The molecule has 0 saturated heterocycles. The van der Waals surface area contributed by atoms with Gasteiger partial charge < -0.3 is 15.2 Å². The third-order valence-electron chi connectivity index (χ3n) is 4.46. The van der Waals surface area contributed by atoms with E-state index in [2.05, 4.69) is 69.9 Å². The van der Waals surface area contributed by atoms with Crippen LogP contribution in [0.3, 0.4) is 0 Å². The summed E-state index contributed by atoms with van der Waals surface area (Å²) < 4.78 is 2.08. The highest BCUT2D eigenvalue weighted by molar-refractivity contribution is 5.79. The Morgan fingerprint density at radius 2 is 1.96 bits per heavy atom. The molecule has 0 saturated carbocycles. The molecule has 7 heteroatoms. The molecule has 0 aromatic carbocycles. The van der Waals surface area contributed by atoms with Crippen molar-refractivity contribution in [3.63, 3.8) is 0 Å². The van der Waals surface area contributed by atoms with Crippen molar-refractivity contribution >= 4 is 5.96 Å². The summed E-state index contributed by atoms with van der Waals surface area (Å²) in [6.45, 7) is 15.8. The van der Waals surface area contributed by atoms with Crippen molar-refractivity contribution < 1.29 is 0 Å². The maximum Gasteiger partial charge on any atom is 0.191 e. The SMILES string of the molecule is CCc1nncn1CCNC(=NC)NCC(CC(C)C)N(CC)CC. The van der Waals surface area contributed by atoms with E-state index in [1.165, 1.54) is 6.42 Å². The number of aliphatic imine (C=N–C) groups is 1. The molecule has 0 aliphatic heterocycles. The van der Waals surface area contributed by atoms with Crippen LogP contribution in [0.1, 0.15) is 46.9 Å². The molecule has 0 bridgehead atoms. The smallest absolute Gasteiger partial charge is 0.191 e. The predicted molar refractivity (Wildman–Crippen MR) is 105 cm³/mol. The molecule has 0 spiro atoms. The topological polar surface area (TPSA) is 70.4 Å². The van der Waals surface area contributed by atoms with Crippen LogP contribution in [0.5, 0.6) is 0 Å². The quantitative estimate of drug-likeness (QED) is 0.470. The van der Waals surface area contributed by atoms with Gasteiger partial charge in [0.2, 0.25) is 0 Å². The second-order valence-electron chi connectivity index (χ2n) is 6.68. The lowest BCUT2D eigenvalue weighted by Crippen LogP contribution is -2.48. The minimum atomic E-state index is 0.526. The van der Waals surface area contributed by atoms with Crippen LogP contribution in [0.15, 0.2) is 11.3 Å². The van der Waals surface area contributed by atoms with Gasteiger partial charge in [-0.25, -0.2) is 0 Å². The van der Waals surface area contributed by atoms with Gasteiger partial charge in [0, 0.05) is 39.1 Å². The Morgan fingerprint density at radius 1 is 1.24 bits per heavy atom. The number of aromatic nitrogens is 3. The average molecular weight is 352 g/mol. The summed E-state index contributed by atoms with van der Waals surface area (Å²) in [5.41, 5.74) is 0. The Hall–Kier alpha value is -1.63. The number of likely N-dealkylation sites (N-methyl/N-ethyl adjacent to an activating group) is 1. The maximum absolute atomic E-state index is 4.35. The van der Waals surface area contributed by atoms with Crippen molar-refractivity contribution in [3.05, 3.63) is 12.2 Å². The van der Waals surface area contributed by atoms with Crippen molar-refractivity contribution in [2.75, 3.05) is 33.2 Å². The van der Waals surface area contributed by atoms with E-state index < -0.39 is 0 Å². The second-order valence-corrected chi connectivity index (χ2v) is 6.68. The first-order chi connectivity index (χ1) is 12.0. The largest absolute Gasteiger partial charge is 0.355 e. The number of hydrogen-bond donors (Lipinski definition) is 2. The maximum atomic E-state index is 4.35. The lowest BCUT2D eigenvalue weighted by atomic mass is 10.0. The van der Waals surface area contributed by atoms with Gasteiger partial charge in [0.25, 0.3) is 0 Å².